The molecule has 1 aromatic heterocycles. The van der Waals surface area contributed by atoms with Crippen molar-refractivity contribution in [2.75, 3.05) is 18.5 Å². The Morgan fingerprint density at radius 2 is 1.71 bits per heavy atom. The van der Waals surface area contributed by atoms with Gasteiger partial charge in [-0.3, -0.25) is 0 Å². The van der Waals surface area contributed by atoms with Gasteiger partial charge in [0.15, 0.2) is 5.57 Å². The van der Waals surface area contributed by atoms with E-state index in [1.54, 1.807) is 13.8 Å². The first kappa shape index (κ1) is 17.6. The standard InChI is InChI=1S/C16H17N3O4S/c1-3-22-14(20)12(15(21)23-4-2)10-17-16-19-18-13(24-16)11-8-6-5-7-9-11/h5-10H,3-4H2,1-2H3,(H,17,19). The highest BCUT2D eigenvalue weighted by Gasteiger charge is 2.21. The van der Waals surface area contributed by atoms with E-state index in [1.807, 2.05) is 30.3 Å². The fraction of sp³-hybridized carbons (Fsp3) is 0.250. The molecule has 1 heterocycles. The normalized spacial score (nSPS) is 9.92. The van der Waals surface area contributed by atoms with Crippen LogP contribution in [0.3, 0.4) is 0 Å². The number of rotatable bonds is 7. The smallest absolute Gasteiger partial charge is 0.347 e. The lowest BCUT2D eigenvalue weighted by Crippen LogP contribution is -2.19. The Bertz CT molecular complexity index is 708. The molecule has 0 spiro atoms. The highest BCUT2D eigenvalue weighted by atomic mass is 32.1. The van der Waals surface area contributed by atoms with Gasteiger partial charge in [0.25, 0.3) is 0 Å². The molecule has 0 bridgehead atoms. The van der Waals surface area contributed by atoms with E-state index < -0.39 is 11.9 Å². The van der Waals surface area contributed by atoms with Crippen molar-refractivity contribution >= 4 is 28.4 Å². The van der Waals surface area contributed by atoms with Crippen LogP contribution in [0.1, 0.15) is 13.8 Å². The van der Waals surface area contributed by atoms with Crippen LogP contribution in [0.4, 0.5) is 5.13 Å². The molecule has 0 fully saturated rings. The second-order valence-electron chi connectivity index (χ2n) is 4.42. The zero-order valence-electron chi connectivity index (χ0n) is 13.3. The lowest BCUT2D eigenvalue weighted by atomic mass is 10.2. The van der Waals surface area contributed by atoms with Gasteiger partial charge in [-0.1, -0.05) is 41.7 Å². The summed E-state index contributed by atoms with van der Waals surface area (Å²) in [5.74, 6) is -1.51. The number of hydrogen-bond acceptors (Lipinski definition) is 8. The Morgan fingerprint density at radius 3 is 2.29 bits per heavy atom. The van der Waals surface area contributed by atoms with Crippen LogP contribution in [0, 0.1) is 0 Å². The molecule has 0 aliphatic rings. The molecule has 0 amide bonds. The van der Waals surface area contributed by atoms with E-state index in [1.165, 1.54) is 17.5 Å². The average Bonchev–Trinajstić information content (AvgIpc) is 3.05. The number of carbonyl (C=O) groups is 2. The quantitative estimate of drug-likeness (QED) is 0.356. The molecular formula is C16H17N3O4S. The van der Waals surface area contributed by atoms with Crippen molar-refractivity contribution in [3.8, 4) is 10.6 Å². The molecule has 7 nitrogen and oxygen atoms in total. The number of benzene rings is 1. The van der Waals surface area contributed by atoms with E-state index in [4.69, 9.17) is 9.47 Å². The molecule has 0 unspecified atom stereocenters. The highest BCUT2D eigenvalue weighted by molar-refractivity contribution is 7.18. The molecule has 2 rings (SSSR count). The van der Waals surface area contributed by atoms with Crippen molar-refractivity contribution in [3.63, 3.8) is 0 Å². The highest BCUT2D eigenvalue weighted by Crippen LogP contribution is 2.26. The zero-order valence-corrected chi connectivity index (χ0v) is 14.1. The van der Waals surface area contributed by atoms with Gasteiger partial charge in [0.2, 0.25) is 5.13 Å². The molecule has 1 aromatic carbocycles. The fourth-order valence-electron chi connectivity index (χ4n) is 1.73. The van der Waals surface area contributed by atoms with Gasteiger partial charge in [-0.2, -0.15) is 0 Å². The summed E-state index contributed by atoms with van der Waals surface area (Å²) in [6.07, 6.45) is 1.23. The number of ether oxygens (including phenoxy) is 2. The first-order valence-corrected chi connectivity index (χ1v) is 8.17. The molecule has 2 aromatic rings. The third-order valence-corrected chi connectivity index (χ3v) is 3.68. The number of esters is 2. The summed E-state index contributed by atoms with van der Waals surface area (Å²) in [6, 6.07) is 9.57. The van der Waals surface area contributed by atoms with Crippen LogP contribution in [-0.4, -0.2) is 35.3 Å². The maximum Gasteiger partial charge on any atom is 0.347 e. The maximum absolute atomic E-state index is 11.8. The van der Waals surface area contributed by atoms with E-state index in [0.29, 0.717) is 5.13 Å². The monoisotopic (exact) mass is 347 g/mol. The maximum atomic E-state index is 11.8. The van der Waals surface area contributed by atoms with Crippen LogP contribution in [0.25, 0.3) is 10.6 Å². The van der Waals surface area contributed by atoms with Crippen molar-refractivity contribution in [2.45, 2.75) is 13.8 Å². The first-order valence-electron chi connectivity index (χ1n) is 7.35. The van der Waals surface area contributed by atoms with E-state index in [9.17, 15) is 9.59 Å². The summed E-state index contributed by atoms with van der Waals surface area (Å²) in [4.78, 5) is 23.7. The van der Waals surface area contributed by atoms with Crippen LogP contribution in [-0.2, 0) is 19.1 Å². The predicted molar refractivity (Wildman–Crippen MR) is 90.3 cm³/mol. The lowest BCUT2D eigenvalue weighted by molar-refractivity contribution is -0.146. The van der Waals surface area contributed by atoms with Gasteiger partial charge in [0.1, 0.15) is 5.01 Å². The number of nitrogens with zero attached hydrogens (tertiary/aromatic N) is 2. The van der Waals surface area contributed by atoms with Gasteiger partial charge in [-0.05, 0) is 13.8 Å². The molecule has 0 saturated carbocycles. The molecule has 0 aliphatic heterocycles. The number of anilines is 1. The summed E-state index contributed by atoms with van der Waals surface area (Å²) < 4.78 is 9.71. The van der Waals surface area contributed by atoms with Crippen molar-refractivity contribution in [2.24, 2.45) is 0 Å². The van der Waals surface area contributed by atoms with Gasteiger partial charge in [-0.15, -0.1) is 10.2 Å². The minimum absolute atomic E-state index is 0.159. The van der Waals surface area contributed by atoms with E-state index in [-0.39, 0.29) is 18.8 Å². The van der Waals surface area contributed by atoms with Crippen LogP contribution >= 0.6 is 11.3 Å². The molecule has 0 atom stereocenters. The number of hydrogen-bond donors (Lipinski definition) is 1. The molecule has 0 aliphatic carbocycles. The van der Waals surface area contributed by atoms with Crippen molar-refractivity contribution in [3.05, 3.63) is 42.1 Å². The van der Waals surface area contributed by atoms with Crippen molar-refractivity contribution in [1.29, 1.82) is 0 Å². The predicted octanol–water partition coefficient (Wildman–Crippen LogP) is 2.63. The molecule has 0 saturated heterocycles. The average molecular weight is 347 g/mol. The third-order valence-electron chi connectivity index (χ3n) is 2.78. The van der Waals surface area contributed by atoms with Gasteiger partial charge < -0.3 is 14.8 Å². The van der Waals surface area contributed by atoms with Crippen LogP contribution < -0.4 is 5.32 Å². The molecular weight excluding hydrogens is 330 g/mol. The van der Waals surface area contributed by atoms with Crippen LogP contribution in [0.5, 0.6) is 0 Å². The molecule has 8 heteroatoms. The van der Waals surface area contributed by atoms with Gasteiger partial charge in [-0.25, -0.2) is 9.59 Å². The second-order valence-corrected chi connectivity index (χ2v) is 5.40. The topological polar surface area (TPSA) is 90.4 Å². The summed E-state index contributed by atoms with van der Waals surface area (Å²) in [5.41, 5.74) is 0.707. The van der Waals surface area contributed by atoms with E-state index in [2.05, 4.69) is 15.5 Å². The van der Waals surface area contributed by atoms with Gasteiger partial charge in [0.05, 0.1) is 13.2 Å². The second kappa shape index (κ2) is 8.78. The summed E-state index contributed by atoms with van der Waals surface area (Å²) in [6.45, 7) is 3.63. The summed E-state index contributed by atoms with van der Waals surface area (Å²) in [5, 5.41) is 12.0. The van der Waals surface area contributed by atoms with Crippen LogP contribution in [0.2, 0.25) is 0 Å². The minimum Gasteiger partial charge on any atom is -0.462 e. The van der Waals surface area contributed by atoms with Crippen molar-refractivity contribution < 1.29 is 19.1 Å². The molecule has 0 radical (unpaired) electrons. The largest absolute Gasteiger partial charge is 0.462 e. The molecule has 1 N–H and O–H groups in total. The van der Waals surface area contributed by atoms with Gasteiger partial charge in [0, 0.05) is 11.8 Å². The Labute approximate surface area is 143 Å². The lowest BCUT2D eigenvalue weighted by Gasteiger charge is -2.06. The van der Waals surface area contributed by atoms with Crippen molar-refractivity contribution in [1.82, 2.24) is 10.2 Å². The number of nitrogens with one attached hydrogen (secondary N) is 1. The first-order chi connectivity index (χ1) is 11.7. The Balaban J connectivity index is 2.15. The number of carbonyl (C=O) groups excluding carboxylic acids is 2. The number of aromatic nitrogens is 2. The third kappa shape index (κ3) is 4.63. The van der Waals surface area contributed by atoms with E-state index >= 15 is 0 Å². The SMILES string of the molecule is CCOC(=O)C(=CNc1nnc(-c2ccccc2)s1)C(=O)OCC. The molecule has 126 valence electrons. The Morgan fingerprint density at radius 1 is 1.08 bits per heavy atom. The van der Waals surface area contributed by atoms with E-state index in [0.717, 1.165) is 10.6 Å². The minimum atomic E-state index is -0.753. The summed E-state index contributed by atoms with van der Waals surface area (Å²) >= 11 is 1.30. The Hall–Kier alpha value is -2.74. The Kier molecular flexibility index (Phi) is 6.44. The zero-order chi connectivity index (χ0) is 17.4. The van der Waals surface area contributed by atoms with Crippen LogP contribution in [0.15, 0.2) is 42.1 Å². The fourth-order valence-corrected chi connectivity index (χ4v) is 2.45. The summed E-state index contributed by atoms with van der Waals surface area (Å²) in [7, 11) is 0. The van der Waals surface area contributed by atoms with Gasteiger partial charge >= 0.3 is 11.9 Å². The molecule has 24 heavy (non-hydrogen) atoms.